The van der Waals surface area contributed by atoms with Crippen LogP contribution in [-0.2, 0) is 0 Å². The number of hydrogen-bond acceptors (Lipinski definition) is 1. The molecule has 58 valence electrons. The van der Waals surface area contributed by atoms with Gasteiger partial charge in [0, 0.05) is 11.7 Å². The number of nitrogens with one attached hydrogen (secondary N) is 1. The number of rotatable bonds is 0. The van der Waals surface area contributed by atoms with Crippen LogP contribution in [0.25, 0.3) is 0 Å². The van der Waals surface area contributed by atoms with Crippen LogP contribution >= 0.6 is 0 Å². The van der Waals surface area contributed by atoms with Crippen molar-refractivity contribution in [3.05, 3.63) is 23.4 Å². The molecule has 1 N–H and O–H groups in total. The second-order valence-corrected chi connectivity index (χ2v) is 4.05. The Bertz CT molecular complexity index is 262. The topological polar surface area (TPSA) is 12.0 Å². The molecule has 1 heteroatoms. The van der Waals surface area contributed by atoms with Gasteiger partial charge in [0.15, 0.2) is 0 Å². The summed E-state index contributed by atoms with van der Waals surface area (Å²) in [5.41, 5.74) is 3.15. The average molecular weight is 147 g/mol. The Morgan fingerprint density at radius 3 is 3.36 bits per heavy atom. The smallest absolute Gasteiger partial charge is 0.0334 e. The number of hydrogen-bond donors (Lipinski definition) is 1. The Morgan fingerprint density at radius 1 is 1.55 bits per heavy atom. The van der Waals surface area contributed by atoms with Crippen molar-refractivity contribution in [3.63, 3.8) is 0 Å². The highest BCUT2D eigenvalue weighted by Gasteiger charge is 2.43. The van der Waals surface area contributed by atoms with Gasteiger partial charge >= 0.3 is 0 Å². The van der Waals surface area contributed by atoms with Gasteiger partial charge in [-0.25, -0.2) is 0 Å². The Labute approximate surface area is 67.2 Å². The molecule has 0 aromatic heterocycles. The Hall–Kier alpha value is -0.720. The molecule has 3 rings (SSSR count). The molecule has 0 aromatic carbocycles. The van der Waals surface area contributed by atoms with Crippen molar-refractivity contribution in [1.82, 2.24) is 5.32 Å². The third-order valence-electron chi connectivity index (χ3n) is 3.07. The van der Waals surface area contributed by atoms with Crippen molar-refractivity contribution < 1.29 is 0 Å². The van der Waals surface area contributed by atoms with Gasteiger partial charge in [0.1, 0.15) is 0 Å². The first-order valence-electron chi connectivity index (χ1n) is 4.52. The van der Waals surface area contributed by atoms with Gasteiger partial charge < -0.3 is 5.32 Å². The second-order valence-electron chi connectivity index (χ2n) is 4.05. The predicted octanol–water partition coefficient (Wildman–Crippen LogP) is 1.83. The van der Waals surface area contributed by atoms with Crippen LogP contribution in [0.2, 0.25) is 0 Å². The maximum Gasteiger partial charge on any atom is 0.0334 e. The van der Waals surface area contributed by atoms with Crippen LogP contribution in [0.3, 0.4) is 0 Å². The van der Waals surface area contributed by atoms with Gasteiger partial charge in [-0.1, -0.05) is 6.08 Å². The molecule has 0 bridgehead atoms. The SMILES string of the molecule is C[C@@H]1CC2=C(C=C[C@H]3CC23)N1. The molecular weight excluding hydrogens is 134 g/mol. The Balaban J connectivity index is 1.99. The maximum absolute atomic E-state index is 3.51. The molecule has 3 aliphatic rings. The first kappa shape index (κ1) is 5.87. The zero-order valence-electron chi connectivity index (χ0n) is 6.80. The lowest BCUT2D eigenvalue weighted by Crippen LogP contribution is -2.17. The fourth-order valence-corrected chi connectivity index (χ4v) is 2.40. The second kappa shape index (κ2) is 1.71. The standard InChI is InChI=1S/C10H13N/c1-6-4-9-8-5-7(8)2-3-10(9)11-6/h2-3,6-8,11H,4-5H2,1H3/t6-,7+,8?/m1/s1. The van der Waals surface area contributed by atoms with Crippen LogP contribution in [-0.4, -0.2) is 6.04 Å². The van der Waals surface area contributed by atoms with Crippen molar-refractivity contribution in [2.45, 2.75) is 25.8 Å². The minimum Gasteiger partial charge on any atom is -0.382 e. The van der Waals surface area contributed by atoms with Crippen LogP contribution in [0.15, 0.2) is 23.4 Å². The van der Waals surface area contributed by atoms with Gasteiger partial charge in [0.2, 0.25) is 0 Å². The minimum absolute atomic E-state index is 0.684. The zero-order valence-corrected chi connectivity index (χ0v) is 6.80. The van der Waals surface area contributed by atoms with Gasteiger partial charge in [-0.3, -0.25) is 0 Å². The fraction of sp³-hybridized carbons (Fsp3) is 0.600. The molecule has 1 heterocycles. The highest BCUT2D eigenvalue weighted by atomic mass is 15.0. The first-order valence-corrected chi connectivity index (χ1v) is 4.52. The van der Waals surface area contributed by atoms with E-state index in [2.05, 4.69) is 24.4 Å². The summed E-state index contributed by atoms with van der Waals surface area (Å²) in [5, 5.41) is 3.51. The predicted molar refractivity (Wildman–Crippen MR) is 45.0 cm³/mol. The van der Waals surface area contributed by atoms with E-state index in [4.69, 9.17) is 0 Å². The van der Waals surface area contributed by atoms with E-state index in [0.29, 0.717) is 6.04 Å². The van der Waals surface area contributed by atoms with Crippen molar-refractivity contribution in [3.8, 4) is 0 Å². The van der Waals surface area contributed by atoms with E-state index in [9.17, 15) is 0 Å². The van der Waals surface area contributed by atoms with Crippen LogP contribution in [0, 0.1) is 11.8 Å². The molecule has 11 heavy (non-hydrogen) atoms. The Morgan fingerprint density at radius 2 is 2.45 bits per heavy atom. The van der Waals surface area contributed by atoms with E-state index in [1.807, 2.05) is 0 Å². The summed E-state index contributed by atoms with van der Waals surface area (Å²) in [6.07, 6.45) is 7.37. The highest BCUT2D eigenvalue weighted by Crippen LogP contribution is 2.51. The van der Waals surface area contributed by atoms with E-state index in [-0.39, 0.29) is 0 Å². The molecule has 0 radical (unpaired) electrons. The summed E-state index contributed by atoms with van der Waals surface area (Å²) in [6.45, 7) is 2.27. The lowest BCUT2D eigenvalue weighted by molar-refractivity contribution is 0.665. The quantitative estimate of drug-likeness (QED) is 0.551. The summed E-state index contributed by atoms with van der Waals surface area (Å²) in [7, 11) is 0. The van der Waals surface area contributed by atoms with E-state index in [0.717, 1.165) is 11.8 Å². The number of fused-ring (bicyclic) bond motifs is 2. The van der Waals surface area contributed by atoms with Gasteiger partial charge in [-0.2, -0.15) is 0 Å². The molecule has 1 fully saturated rings. The highest BCUT2D eigenvalue weighted by molar-refractivity contribution is 5.40. The lowest BCUT2D eigenvalue weighted by Gasteiger charge is -2.05. The molecule has 1 unspecified atom stereocenters. The molecule has 0 saturated heterocycles. The maximum atomic E-state index is 3.51. The van der Waals surface area contributed by atoms with Crippen molar-refractivity contribution in [2.24, 2.45) is 11.8 Å². The normalized spacial score (nSPS) is 45.0. The van der Waals surface area contributed by atoms with E-state index < -0.39 is 0 Å². The Kier molecular flexibility index (Phi) is 0.913. The van der Waals surface area contributed by atoms with Gasteiger partial charge in [0.25, 0.3) is 0 Å². The van der Waals surface area contributed by atoms with Gasteiger partial charge in [-0.15, -0.1) is 0 Å². The monoisotopic (exact) mass is 147 g/mol. The third-order valence-corrected chi connectivity index (χ3v) is 3.07. The summed E-state index contributed by atoms with van der Waals surface area (Å²) in [5.74, 6) is 1.85. The average Bonchev–Trinajstić information content (AvgIpc) is 2.67. The molecule has 1 saturated carbocycles. The molecule has 2 aliphatic carbocycles. The van der Waals surface area contributed by atoms with E-state index in [1.165, 1.54) is 18.5 Å². The molecular formula is C10H13N. The molecule has 3 atom stereocenters. The molecule has 0 aromatic rings. The van der Waals surface area contributed by atoms with Crippen LogP contribution in [0.1, 0.15) is 19.8 Å². The third kappa shape index (κ3) is 0.712. The summed E-state index contributed by atoms with van der Waals surface area (Å²) in [4.78, 5) is 0. The zero-order chi connectivity index (χ0) is 7.42. The van der Waals surface area contributed by atoms with E-state index >= 15 is 0 Å². The lowest BCUT2D eigenvalue weighted by atomic mass is 10.0. The van der Waals surface area contributed by atoms with E-state index in [1.54, 1.807) is 5.57 Å². The largest absolute Gasteiger partial charge is 0.382 e. The van der Waals surface area contributed by atoms with Gasteiger partial charge in [-0.05, 0) is 43.3 Å². The summed E-state index contributed by atoms with van der Waals surface area (Å²) < 4.78 is 0. The van der Waals surface area contributed by atoms with Crippen LogP contribution in [0.5, 0.6) is 0 Å². The summed E-state index contributed by atoms with van der Waals surface area (Å²) >= 11 is 0. The summed E-state index contributed by atoms with van der Waals surface area (Å²) in [6, 6.07) is 0.684. The van der Waals surface area contributed by atoms with Gasteiger partial charge in [0.05, 0.1) is 0 Å². The van der Waals surface area contributed by atoms with Crippen molar-refractivity contribution in [2.75, 3.05) is 0 Å². The minimum atomic E-state index is 0.684. The molecule has 1 aliphatic heterocycles. The van der Waals surface area contributed by atoms with Crippen LogP contribution < -0.4 is 5.32 Å². The number of allylic oxidation sites excluding steroid dienone is 2. The molecule has 0 amide bonds. The molecule has 1 nitrogen and oxygen atoms in total. The van der Waals surface area contributed by atoms with Crippen molar-refractivity contribution >= 4 is 0 Å². The fourth-order valence-electron chi connectivity index (χ4n) is 2.40. The van der Waals surface area contributed by atoms with Crippen molar-refractivity contribution in [1.29, 1.82) is 0 Å². The molecule has 0 spiro atoms. The van der Waals surface area contributed by atoms with Crippen LogP contribution in [0.4, 0.5) is 0 Å². The first-order chi connectivity index (χ1) is 5.34.